The number of rotatable bonds is 5. The Morgan fingerprint density at radius 3 is 2.44 bits per heavy atom. The van der Waals surface area contributed by atoms with E-state index in [-0.39, 0.29) is 13.2 Å². The van der Waals surface area contributed by atoms with E-state index >= 15 is 0 Å². The van der Waals surface area contributed by atoms with Gasteiger partial charge < -0.3 is 9.47 Å². The third-order valence-corrected chi connectivity index (χ3v) is 5.91. The first kappa shape index (κ1) is 21.4. The maximum atomic E-state index is 13.6. The molecule has 2 aliphatic rings. The van der Waals surface area contributed by atoms with E-state index in [0.717, 1.165) is 16.0 Å². The molecular formula is C26H21N3O5. The Kier molecular flexibility index (Phi) is 5.55. The summed E-state index contributed by atoms with van der Waals surface area (Å²) in [7, 11) is 0. The number of benzene rings is 2. The minimum Gasteiger partial charge on any atom is -0.447 e. The zero-order valence-corrected chi connectivity index (χ0v) is 18.1. The number of β-lactam (4-membered cyclic amide) rings is 1. The molecule has 1 aromatic heterocycles. The number of hydrogen-bond acceptors (Lipinski definition) is 6. The Bertz CT molecular complexity index is 1230. The average molecular weight is 455 g/mol. The molecule has 0 bridgehead atoms. The fourth-order valence-corrected chi connectivity index (χ4v) is 4.19. The summed E-state index contributed by atoms with van der Waals surface area (Å²) >= 11 is 0. The molecule has 2 fully saturated rings. The highest BCUT2D eigenvalue weighted by Crippen LogP contribution is 2.42. The van der Waals surface area contributed by atoms with Crippen molar-refractivity contribution in [1.29, 1.82) is 0 Å². The number of ether oxygens (including phenoxy) is 2. The predicted octanol–water partition coefficient (Wildman–Crippen LogP) is 4.07. The lowest BCUT2D eigenvalue weighted by molar-refractivity contribution is -0.152. The van der Waals surface area contributed by atoms with Gasteiger partial charge in [0.25, 0.3) is 5.91 Å². The molecule has 0 unspecified atom stereocenters. The number of likely N-dealkylation sites (tertiary alicyclic amines) is 1. The Hall–Kier alpha value is -4.46. The minimum absolute atomic E-state index is 0.0628. The second kappa shape index (κ2) is 8.82. The number of cyclic esters (lactones) is 1. The summed E-state index contributed by atoms with van der Waals surface area (Å²) in [6.45, 7) is 0.0414. The molecule has 0 N–H and O–H groups in total. The van der Waals surface area contributed by atoms with Crippen LogP contribution in [0.5, 0.6) is 5.75 Å². The lowest BCUT2D eigenvalue weighted by atomic mass is 9.84. The summed E-state index contributed by atoms with van der Waals surface area (Å²) in [6.07, 6.45) is 5.23. The molecule has 5 rings (SSSR count). The van der Waals surface area contributed by atoms with E-state index in [1.165, 1.54) is 4.90 Å². The standard InChI is InChI=1S/C26H21N3O5/c30-23-26(14-13-19-8-7-15-27-16-19,18-28(23)24(31)34-21-11-5-2-6-12-21)29-22(17-33-25(29)32)20-9-3-1-4-10-20/h1-16,22H,17-18H2/t22-,26+/m1/s1. The van der Waals surface area contributed by atoms with Crippen LogP contribution < -0.4 is 4.74 Å². The third kappa shape index (κ3) is 3.79. The molecule has 34 heavy (non-hydrogen) atoms. The highest BCUT2D eigenvalue weighted by atomic mass is 16.6. The molecule has 170 valence electrons. The highest BCUT2D eigenvalue weighted by molar-refractivity contribution is 6.07. The topological polar surface area (TPSA) is 89.0 Å². The van der Waals surface area contributed by atoms with Gasteiger partial charge in [-0.2, -0.15) is 0 Å². The van der Waals surface area contributed by atoms with Crippen LogP contribution >= 0.6 is 0 Å². The van der Waals surface area contributed by atoms with Crippen molar-refractivity contribution in [2.45, 2.75) is 11.6 Å². The summed E-state index contributed by atoms with van der Waals surface area (Å²) in [5.74, 6) is -0.236. The van der Waals surface area contributed by atoms with E-state index in [0.29, 0.717) is 5.75 Å². The number of carbonyl (C=O) groups is 3. The first-order valence-electron chi connectivity index (χ1n) is 10.8. The van der Waals surface area contributed by atoms with Crippen LogP contribution in [0.25, 0.3) is 6.08 Å². The van der Waals surface area contributed by atoms with Crippen molar-refractivity contribution >= 4 is 24.2 Å². The van der Waals surface area contributed by atoms with Crippen LogP contribution in [-0.4, -0.2) is 51.6 Å². The lowest BCUT2D eigenvalue weighted by Gasteiger charge is -2.50. The van der Waals surface area contributed by atoms with Crippen LogP contribution in [0, 0.1) is 0 Å². The Balaban J connectivity index is 1.48. The number of nitrogens with zero attached hydrogens (tertiary/aromatic N) is 3. The van der Waals surface area contributed by atoms with E-state index in [4.69, 9.17) is 9.47 Å². The number of amides is 3. The molecular weight excluding hydrogens is 434 g/mol. The molecule has 0 spiro atoms. The van der Waals surface area contributed by atoms with Crippen LogP contribution in [-0.2, 0) is 9.53 Å². The first-order chi connectivity index (χ1) is 16.6. The molecule has 0 aliphatic carbocycles. The van der Waals surface area contributed by atoms with E-state index in [9.17, 15) is 14.4 Å². The minimum atomic E-state index is -1.40. The molecule has 2 aromatic carbocycles. The molecule has 3 aromatic rings. The van der Waals surface area contributed by atoms with E-state index in [1.807, 2.05) is 36.4 Å². The average Bonchev–Trinajstić information content (AvgIpc) is 3.26. The van der Waals surface area contributed by atoms with Crippen molar-refractivity contribution in [1.82, 2.24) is 14.8 Å². The van der Waals surface area contributed by atoms with Crippen LogP contribution in [0.3, 0.4) is 0 Å². The maximum Gasteiger partial charge on any atom is 0.422 e. The summed E-state index contributed by atoms with van der Waals surface area (Å²) in [5, 5.41) is 0. The number of pyridine rings is 1. The van der Waals surface area contributed by atoms with E-state index < -0.39 is 29.7 Å². The molecule has 8 nitrogen and oxygen atoms in total. The van der Waals surface area contributed by atoms with Crippen LogP contribution in [0.2, 0.25) is 0 Å². The van der Waals surface area contributed by atoms with Gasteiger partial charge in [0.2, 0.25) is 0 Å². The van der Waals surface area contributed by atoms with Gasteiger partial charge in [-0.1, -0.05) is 60.7 Å². The zero-order chi connectivity index (χ0) is 23.5. The van der Waals surface area contributed by atoms with Crippen molar-refractivity contribution in [3.8, 4) is 5.75 Å². The van der Waals surface area contributed by atoms with Crippen molar-refractivity contribution in [3.05, 3.63) is 102 Å². The summed E-state index contributed by atoms with van der Waals surface area (Å²) in [4.78, 5) is 45.7. The van der Waals surface area contributed by atoms with Crippen molar-refractivity contribution < 1.29 is 23.9 Å². The number of hydrogen-bond donors (Lipinski definition) is 0. The fraction of sp³-hybridized carbons (Fsp3) is 0.154. The Labute approximate surface area is 196 Å². The van der Waals surface area contributed by atoms with E-state index in [1.54, 1.807) is 60.9 Å². The SMILES string of the molecule is O=C(Oc1ccccc1)N1C[C@](C=Cc2cccnc2)(N2C(=O)OC[C@@H]2c2ccccc2)C1=O. The van der Waals surface area contributed by atoms with Gasteiger partial charge in [-0.25, -0.2) is 14.5 Å². The molecule has 3 heterocycles. The van der Waals surface area contributed by atoms with Crippen LogP contribution in [0.15, 0.2) is 91.3 Å². The fourth-order valence-electron chi connectivity index (χ4n) is 4.19. The predicted molar refractivity (Wildman–Crippen MR) is 123 cm³/mol. The highest BCUT2D eigenvalue weighted by Gasteiger charge is 2.62. The second-order valence-corrected chi connectivity index (χ2v) is 7.99. The van der Waals surface area contributed by atoms with Gasteiger partial charge >= 0.3 is 12.2 Å². The number of carbonyl (C=O) groups excluding carboxylic acids is 3. The monoisotopic (exact) mass is 455 g/mol. The lowest BCUT2D eigenvalue weighted by Crippen LogP contribution is -2.75. The summed E-state index contributed by atoms with van der Waals surface area (Å²) in [6, 6.07) is 21.0. The van der Waals surface area contributed by atoms with Gasteiger partial charge in [0.15, 0.2) is 5.54 Å². The van der Waals surface area contributed by atoms with Gasteiger partial charge in [0.05, 0.1) is 12.6 Å². The zero-order valence-electron chi connectivity index (χ0n) is 18.1. The quantitative estimate of drug-likeness (QED) is 0.539. The van der Waals surface area contributed by atoms with Crippen LogP contribution in [0.4, 0.5) is 9.59 Å². The first-order valence-corrected chi connectivity index (χ1v) is 10.8. The van der Waals surface area contributed by atoms with Gasteiger partial charge in [0.1, 0.15) is 12.4 Å². The van der Waals surface area contributed by atoms with Crippen LogP contribution in [0.1, 0.15) is 17.2 Å². The van der Waals surface area contributed by atoms with Gasteiger partial charge in [0, 0.05) is 12.4 Å². The van der Waals surface area contributed by atoms with Crippen molar-refractivity contribution in [3.63, 3.8) is 0 Å². The number of imide groups is 1. The molecule has 0 saturated carbocycles. The summed E-state index contributed by atoms with van der Waals surface area (Å²) < 4.78 is 10.7. The maximum absolute atomic E-state index is 13.6. The third-order valence-electron chi connectivity index (χ3n) is 5.91. The molecule has 2 saturated heterocycles. The van der Waals surface area contributed by atoms with Gasteiger partial charge in [-0.3, -0.25) is 14.7 Å². The Morgan fingerprint density at radius 1 is 1.03 bits per heavy atom. The number of aromatic nitrogens is 1. The van der Waals surface area contributed by atoms with Crippen molar-refractivity contribution in [2.24, 2.45) is 0 Å². The Morgan fingerprint density at radius 2 is 1.76 bits per heavy atom. The molecule has 8 heteroatoms. The molecule has 3 amide bonds. The largest absolute Gasteiger partial charge is 0.447 e. The molecule has 2 aliphatic heterocycles. The smallest absolute Gasteiger partial charge is 0.422 e. The van der Waals surface area contributed by atoms with Gasteiger partial charge in [-0.05, 0) is 35.4 Å². The van der Waals surface area contributed by atoms with Gasteiger partial charge in [-0.15, -0.1) is 0 Å². The molecule has 0 radical (unpaired) electrons. The van der Waals surface area contributed by atoms with Crippen molar-refractivity contribution in [2.75, 3.05) is 13.2 Å². The van der Waals surface area contributed by atoms with E-state index in [2.05, 4.69) is 4.98 Å². The number of para-hydroxylation sites is 1. The summed E-state index contributed by atoms with van der Waals surface area (Å²) in [5.41, 5.74) is 0.184. The molecule has 2 atom stereocenters. The normalized spacial score (nSPS) is 21.9. The second-order valence-electron chi connectivity index (χ2n) is 7.99.